The number of amides is 1. The molecule has 2 aromatic rings. The topological polar surface area (TPSA) is 88.9 Å². The zero-order valence-corrected chi connectivity index (χ0v) is 12.8. The Morgan fingerprint density at radius 2 is 2.30 bits per heavy atom. The standard InChI is InChI=1S/C16H18N6O/c17-5-2-1-3-14(23)21-8-12-7-11(21)9-22(12)16-13-4-6-18-15(13)19-10-20-16/h4,6,10-12H,1-3,7-9H2,(H,18,19,20). The van der Waals surface area contributed by atoms with Crippen LogP contribution in [0.3, 0.4) is 0 Å². The van der Waals surface area contributed by atoms with Crippen molar-refractivity contribution in [3.05, 3.63) is 18.6 Å². The number of likely N-dealkylation sites (tertiary alicyclic amines) is 1. The number of nitrogens with one attached hydrogen (secondary N) is 1. The van der Waals surface area contributed by atoms with Crippen molar-refractivity contribution < 1.29 is 4.79 Å². The number of piperazine rings is 1. The number of hydrogen-bond acceptors (Lipinski definition) is 5. The van der Waals surface area contributed by atoms with E-state index < -0.39 is 0 Å². The first-order valence-corrected chi connectivity index (χ1v) is 7.99. The predicted octanol–water partition coefficient (Wildman–Crippen LogP) is 1.44. The molecular formula is C16H18N6O. The summed E-state index contributed by atoms with van der Waals surface area (Å²) in [5.74, 6) is 1.14. The first-order valence-electron chi connectivity index (χ1n) is 7.99. The maximum atomic E-state index is 12.3. The normalized spacial score (nSPS) is 22.7. The van der Waals surface area contributed by atoms with Gasteiger partial charge in [-0.15, -0.1) is 0 Å². The van der Waals surface area contributed by atoms with Crippen molar-refractivity contribution in [2.45, 2.75) is 37.8 Å². The van der Waals surface area contributed by atoms with Crippen LogP contribution in [-0.4, -0.2) is 50.9 Å². The second-order valence-electron chi connectivity index (χ2n) is 6.19. The molecule has 1 N–H and O–H groups in total. The molecule has 7 nitrogen and oxygen atoms in total. The van der Waals surface area contributed by atoms with Gasteiger partial charge in [0.25, 0.3) is 0 Å². The largest absolute Gasteiger partial charge is 0.349 e. The van der Waals surface area contributed by atoms with Crippen molar-refractivity contribution in [1.29, 1.82) is 5.26 Å². The van der Waals surface area contributed by atoms with Crippen LogP contribution in [0, 0.1) is 11.3 Å². The molecule has 4 rings (SSSR count). The zero-order chi connectivity index (χ0) is 15.8. The van der Waals surface area contributed by atoms with Crippen LogP contribution < -0.4 is 4.90 Å². The van der Waals surface area contributed by atoms with E-state index in [1.165, 1.54) is 0 Å². The molecule has 23 heavy (non-hydrogen) atoms. The predicted molar refractivity (Wildman–Crippen MR) is 84.6 cm³/mol. The van der Waals surface area contributed by atoms with Crippen molar-refractivity contribution in [1.82, 2.24) is 19.9 Å². The fourth-order valence-electron chi connectivity index (χ4n) is 3.78. The van der Waals surface area contributed by atoms with Gasteiger partial charge in [0.1, 0.15) is 17.8 Å². The fraction of sp³-hybridized carbons (Fsp3) is 0.500. The first-order chi connectivity index (χ1) is 11.3. The number of nitrogens with zero attached hydrogens (tertiary/aromatic N) is 5. The lowest BCUT2D eigenvalue weighted by Gasteiger charge is -2.35. The van der Waals surface area contributed by atoms with Gasteiger partial charge < -0.3 is 14.8 Å². The molecule has 2 bridgehead atoms. The fourth-order valence-corrected chi connectivity index (χ4v) is 3.78. The molecule has 0 saturated carbocycles. The van der Waals surface area contributed by atoms with Gasteiger partial charge >= 0.3 is 0 Å². The van der Waals surface area contributed by atoms with Gasteiger partial charge in [0, 0.05) is 32.1 Å². The van der Waals surface area contributed by atoms with E-state index in [9.17, 15) is 4.79 Å². The Hall–Kier alpha value is -2.62. The van der Waals surface area contributed by atoms with Crippen LogP contribution in [0.25, 0.3) is 11.0 Å². The van der Waals surface area contributed by atoms with Crippen LogP contribution in [0.15, 0.2) is 18.6 Å². The summed E-state index contributed by atoms with van der Waals surface area (Å²) in [6.07, 6.45) is 6.05. The first kappa shape index (κ1) is 14.0. The molecule has 2 atom stereocenters. The Bertz CT molecular complexity index is 778. The Morgan fingerprint density at radius 3 is 3.09 bits per heavy atom. The molecule has 4 heterocycles. The molecule has 2 aliphatic rings. The summed E-state index contributed by atoms with van der Waals surface area (Å²) in [7, 11) is 0. The maximum absolute atomic E-state index is 12.3. The van der Waals surface area contributed by atoms with E-state index in [-0.39, 0.29) is 11.9 Å². The number of nitriles is 1. The number of carbonyl (C=O) groups excluding carboxylic acids is 1. The molecule has 2 aliphatic heterocycles. The van der Waals surface area contributed by atoms with Gasteiger partial charge in [-0.3, -0.25) is 4.79 Å². The summed E-state index contributed by atoms with van der Waals surface area (Å²) in [6.45, 7) is 1.58. The number of hydrogen-bond donors (Lipinski definition) is 1. The number of carbonyl (C=O) groups is 1. The van der Waals surface area contributed by atoms with E-state index in [0.29, 0.717) is 25.3 Å². The number of fused-ring (bicyclic) bond motifs is 3. The van der Waals surface area contributed by atoms with E-state index in [1.807, 2.05) is 17.2 Å². The van der Waals surface area contributed by atoms with E-state index in [2.05, 4.69) is 25.9 Å². The van der Waals surface area contributed by atoms with Crippen molar-refractivity contribution in [2.24, 2.45) is 0 Å². The summed E-state index contributed by atoms with van der Waals surface area (Å²) in [4.78, 5) is 28.4. The van der Waals surface area contributed by atoms with Crippen LogP contribution in [0.5, 0.6) is 0 Å². The van der Waals surface area contributed by atoms with Crippen LogP contribution in [-0.2, 0) is 4.79 Å². The second kappa shape index (κ2) is 5.54. The third-order valence-corrected chi connectivity index (χ3v) is 4.85. The van der Waals surface area contributed by atoms with Crippen molar-refractivity contribution >= 4 is 22.8 Å². The quantitative estimate of drug-likeness (QED) is 0.863. The highest BCUT2D eigenvalue weighted by atomic mass is 16.2. The van der Waals surface area contributed by atoms with Crippen molar-refractivity contribution in [3.8, 4) is 6.07 Å². The van der Waals surface area contributed by atoms with E-state index >= 15 is 0 Å². The van der Waals surface area contributed by atoms with E-state index in [1.54, 1.807) is 6.33 Å². The van der Waals surface area contributed by atoms with Crippen LogP contribution >= 0.6 is 0 Å². The molecule has 2 aromatic heterocycles. The van der Waals surface area contributed by atoms with Crippen LogP contribution in [0.2, 0.25) is 0 Å². The summed E-state index contributed by atoms with van der Waals surface area (Å²) in [6, 6.07) is 4.69. The Morgan fingerprint density at radius 1 is 1.39 bits per heavy atom. The number of H-pyrrole nitrogens is 1. The number of aromatic nitrogens is 3. The van der Waals surface area contributed by atoms with Crippen molar-refractivity contribution in [2.75, 3.05) is 18.0 Å². The average molecular weight is 310 g/mol. The van der Waals surface area contributed by atoms with Gasteiger partial charge in [-0.2, -0.15) is 5.26 Å². The SMILES string of the molecule is N#CCCCC(=O)N1CC2CC1CN2c1ncnc2[nH]ccc12. The summed E-state index contributed by atoms with van der Waals surface area (Å²) < 4.78 is 0. The molecule has 118 valence electrons. The Labute approximate surface area is 133 Å². The number of aromatic amines is 1. The molecule has 0 aliphatic carbocycles. The highest BCUT2D eigenvalue weighted by Crippen LogP contribution is 2.36. The summed E-state index contributed by atoms with van der Waals surface area (Å²) >= 11 is 0. The lowest BCUT2D eigenvalue weighted by atomic mass is 10.2. The molecule has 7 heteroatoms. The summed E-state index contributed by atoms with van der Waals surface area (Å²) in [5, 5.41) is 9.62. The minimum Gasteiger partial charge on any atom is -0.349 e. The smallest absolute Gasteiger partial charge is 0.222 e. The number of anilines is 1. The third kappa shape index (κ3) is 2.31. The van der Waals surface area contributed by atoms with E-state index in [4.69, 9.17) is 5.26 Å². The lowest BCUT2D eigenvalue weighted by molar-refractivity contribution is -0.132. The highest BCUT2D eigenvalue weighted by Gasteiger charge is 2.45. The third-order valence-electron chi connectivity index (χ3n) is 4.85. The van der Waals surface area contributed by atoms with Gasteiger partial charge in [-0.25, -0.2) is 9.97 Å². The monoisotopic (exact) mass is 310 g/mol. The molecule has 0 spiro atoms. The van der Waals surface area contributed by atoms with Crippen molar-refractivity contribution in [3.63, 3.8) is 0 Å². The van der Waals surface area contributed by atoms with Crippen LogP contribution in [0.1, 0.15) is 25.7 Å². The molecule has 2 fully saturated rings. The Balaban J connectivity index is 1.48. The number of rotatable bonds is 4. The number of unbranched alkanes of at least 4 members (excludes halogenated alkanes) is 1. The van der Waals surface area contributed by atoms with Crippen LogP contribution in [0.4, 0.5) is 5.82 Å². The molecule has 1 amide bonds. The lowest BCUT2D eigenvalue weighted by Crippen LogP contribution is -2.49. The zero-order valence-electron chi connectivity index (χ0n) is 12.8. The Kier molecular flexibility index (Phi) is 3.37. The molecule has 0 aromatic carbocycles. The average Bonchev–Trinajstić information content (AvgIpc) is 3.28. The molecule has 0 radical (unpaired) electrons. The van der Waals surface area contributed by atoms with Gasteiger partial charge in [-0.1, -0.05) is 0 Å². The van der Waals surface area contributed by atoms with E-state index in [0.717, 1.165) is 36.4 Å². The maximum Gasteiger partial charge on any atom is 0.222 e. The van der Waals surface area contributed by atoms with Gasteiger partial charge in [-0.05, 0) is 18.9 Å². The van der Waals surface area contributed by atoms with Gasteiger partial charge in [0.15, 0.2) is 0 Å². The minimum absolute atomic E-state index is 0.182. The summed E-state index contributed by atoms with van der Waals surface area (Å²) in [5.41, 5.74) is 0.849. The second-order valence-corrected chi connectivity index (χ2v) is 6.19. The highest BCUT2D eigenvalue weighted by molar-refractivity contribution is 5.88. The molecular weight excluding hydrogens is 292 g/mol. The van der Waals surface area contributed by atoms with Gasteiger partial charge in [0.2, 0.25) is 5.91 Å². The van der Waals surface area contributed by atoms with Gasteiger partial charge in [0.05, 0.1) is 23.5 Å². The minimum atomic E-state index is 0.182. The molecule has 2 saturated heterocycles. The molecule has 2 unspecified atom stereocenters.